The van der Waals surface area contributed by atoms with Gasteiger partial charge in [0.25, 0.3) is 5.56 Å². The number of nitrogen functional groups attached to an aromatic ring is 1. The summed E-state index contributed by atoms with van der Waals surface area (Å²) < 4.78 is 12.5. The number of nitrogens with zero attached hydrogens (tertiary/aromatic N) is 3. The third kappa shape index (κ3) is 2.00. The molecule has 0 amide bonds. The molecule has 3 heterocycles. The zero-order valence-electron chi connectivity index (χ0n) is 11.9. The van der Waals surface area contributed by atoms with Crippen LogP contribution in [0.2, 0.25) is 0 Å². The molecule has 2 unspecified atom stereocenters. The molecule has 1 aliphatic rings. The minimum absolute atomic E-state index is 0.0208. The molecule has 0 aromatic carbocycles. The number of aromatic nitrogens is 4. The quantitative estimate of drug-likeness (QED) is 0.514. The van der Waals surface area contributed by atoms with Crippen LogP contribution in [0.5, 0.6) is 0 Å². The monoisotopic (exact) mass is 311 g/mol. The Balaban J connectivity index is 2.20. The molecule has 0 bridgehead atoms. The maximum atomic E-state index is 11.9. The summed E-state index contributed by atoms with van der Waals surface area (Å²) >= 11 is 0. The highest BCUT2D eigenvalue weighted by Gasteiger charge is 2.52. The summed E-state index contributed by atoms with van der Waals surface area (Å²) in [6.45, 7) is 1.65. The fourth-order valence-electron chi connectivity index (χ4n) is 2.71. The Morgan fingerprint density at radius 3 is 3.09 bits per heavy atom. The van der Waals surface area contributed by atoms with E-state index < -0.39 is 23.5 Å². The van der Waals surface area contributed by atoms with Gasteiger partial charge in [-0.2, -0.15) is 4.98 Å². The molecular formula is C12H17N5O5. The summed E-state index contributed by atoms with van der Waals surface area (Å²) in [4.78, 5) is 22.3. The van der Waals surface area contributed by atoms with Crippen LogP contribution in [0, 0.1) is 0 Å². The third-order valence-corrected chi connectivity index (χ3v) is 3.73. The number of nitrogens with two attached hydrogens (primary N) is 1. The molecule has 1 aliphatic heterocycles. The van der Waals surface area contributed by atoms with Crippen LogP contribution < -0.4 is 11.3 Å². The molecule has 0 saturated carbocycles. The number of anilines is 1. The molecule has 120 valence electrons. The van der Waals surface area contributed by atoms with Gasteiger partial charge in [0.2, 0.25) is 5.95 Å². The van der Waals surface area contributed by atoms with Crippen LogP contribution in [-0.2, 0) is 15.2 Å². The smallest absolute Gasteiger partial charge is 0.280 e. The predicted molar refractivity (Wildman–Crippen MR) is 75.0 cm³/mol. The van der Waals surface area contributed by atoms with E-state index in [0.717, 1.165) is 0 Å². The van der Waals surface area contributed by atoms with Crippen LogP contribution in [0.4, 0.5) is 5.95 Å². The van der Waals surface area contributed by atoms with Crippen LogP contribution in [-0.4, -0.2) is 61.8 Å². The number of H-pyrrole nitrogens is 1. The van der Waals surface area contributed by atoms with Crippen molar-refractivity contribution in [3.05, 3.63) is 16.7 Å². The average molecular weight is 311 g/mol. The second kappa shape index (κ2) is 5.32. The van der Waals surface area contributed by atoms with Crippen LogP contribution in [0.1, 0.15) is 6.92 Å². The second-order valence-electron chi connectivity index (χ2n) is 4.99. The molecule has 2 aromatic rings. The van der Waals surface area contributed by atoms with E-state index in [0.29, 0.717) is 0 Å². The zero-order valence-corrected chi connectivity index (χ0v) is 11.9. The molecule has 3 atom stereocenters. The van der Waals surface area contributed by atoms with Gasteiger partial charge in [-0.1, -0.05) is 0 Å². The van der Waals surface area contributed by atoms with Gasteiger partial charge in [-0.05, 0) is 6.92 Å². The molecule has 0 radical (unpaired) electrons. The normalized spacial score (nSPS) is 28.5. The molecule has 1 saturated heterocycles. The minimum Gasteiger partial charge on any atom is -0.394 e. The number of aromatic amines is 1. The molecule has 0 aliphatic carbocycles. The first-order valence-corrected chi connectivity index (χ1v) is 6.81. The maximum Gasteiger partial charge on any atom is 0.280 e. The van der Waals surface area contributed by atoms with Crippen LogP contribution >= 0.6 is 0 Å². The van der Waals surface area contributed by atoms with Gasteiger partial charge in [0, 0.05) is 6.61 Å². The highest BCUT2D eigenvalue weighted by atomic mass is 16.6. The Hall–Kier alpha value is -2.01. The molecule has 2 aromatic heterocycles. The summed E-state index contributed by atoms with van der Waals surface area (Å²) in [5, 5.41) is 19.8. The largest absolute Gasteiger partial charge is 0.394 e. The van der Waals surface area contributed by atoms with Gasteiger partial charge in [-0.3, -0.25) is 14.3 Å². The number of fused-ring (bicyclic) bond motifs is 1. The van der Waals surface area contributed by atoms with E-state index >= 15 is 0 Å². The molecule has 10 heteroatoms. The van der Waals surface area contributed by atoms with Gasteiger partial charge >= 0.3 is 0 Å². The molecule has 3 rings (SSSR count). The number of aliphatic hydroxyl groups excluding tert-OH is 2. The highest BCUT2D eigenvalue weighted by molar-refractivity contribution is 5.70. The van der Waals surface area contributed by atoms with E-state index in [9.17, 15) is 15.0 Å². The highest BCUT2D eigenvalue weighted by Crippen LogP contribution is 2.35. The molecule has 10 nitrogen and oxygen atoms in total. The number of ether oxygens (including phenoxy) is 2. The molecule has 5 N–H and O–H groups in total. The fourth-order valence-corrected chi connectivity index (χ4v) is 2.71. The molecular weight excluding hydrogens is 294 g/mol. The number of hydrogen-bond acceptors (Lipinski definition) is 8. The Morgan fingerprint density at radius 1 is 1.68 bits per heavy atom. The number of rotatable bonds is 4. The maximum absolute atomic E-state index is 11.9. The Bertz CT molecular complexity index is 743. The van der Waals surface area contributed by atoms with Crippen molar-refractivity contribution in [3.63, 3.8) is 0 Å². The van der Waals surface area contributed by atoms with Gasteiger partial charge in [-0.15, -0.1) is 0 Å². The van der Waals surface area contributed by atoms with E-state index in [1.54, 1.807) is 6.92 Å². The van der Waals surface area contributed by atoms with Crippen molar-refractivity contribution in [2.45, 2.75) is 24.9 Å². The topological polar surface area (TPSA) is 149 Å². The predicted octanol–water partition coefficient (Wildman–Crippen LogP) is -1.86. The summed E-state index contributed by atoms with van der Waals surface area (Å²) in [6.07, 6.45) is -0.616. The van der Waals surface area contributed by atoms with Gasteiger partial charge in [0.1, 0.15) is 12.2 Å². The van der Waals surface area contributed by atoms with Crippen molar-refractivity contribution in [1.29, 1.82) is 0 Å². The van der Waals surface area contributed by atoms with E-state index in [1.165, 1.54) is 10.9 Å². The Labute approximate surface area is 124 Å². The van der Waals surface area contributed by atoms with Gasteiger partial charge < -0.3 is 25.4 Å². The number of aliphatic hydroxyl groups is 2. The first-order valence-electron chi connectivity index (χ1n) is 6.81. The van der Waals surface area contributed by atoms with Gasteiger partial charge in [0.15, 0.2) is 16.9 Å². The van der Waals surface area contributed by atoms with Crippen molar-refractivity contribution < 1.29 is 19.7 Å². The standard InChI is InChI=1S/C12H17N5O5/c1-2-22-12(4-21-6(3-18)8(12)19)17-5-14-7-9(17)15-11(13)16-10(7)20/h5-6,8,18-19H,2-4H2,1H3,(H3,13,15,16,20)/t6-,8?,12?/m1/s1. The van der Waals surface area contributed by atoms with Gasteiger partial charge in [-0.25, -0.2) is 4.98 Å². The van der Waals surface area contributed by atoms with Crippen LogP contribution in [0.3, 0.4) is 0 Å². The van der Waals surface area contributed by atoms with Crippen LogP contribution in [0.25, 0.3) is 11.2 Å². The van der Waals surface area contributed by atoms with Crippen molar-refractivity contribution in [2.75, 3.05) is 25.6 Å². The molecule has 1 fully saturated rings. The Morgan fingerprint density at radius 2 is 2.45 bits per heavy atom. The lowest BCUT2D eigenvalue weighted by Crippen LogP contribution is -2.49. The third-order valence-electron chi connectivity index (χ3n) is 3.73. The summed E-state index contributed by atoms with van der Waals surface area (Å²) in [7, 11) is 0. The SMILES string of the molecule is CCOC1(n2cnc3c(=O)[nH]c(N)nc32)CO[C@H](CO)C1O. The molecule has 0 spiro atoms. The first kappa shape index (κ1) is 14.9. The lowest BCUT2D eigenvalue weighted by molar-refractivity contribution is -0.154. The van der Waals surface area contributed by atoms with Crippen LogP contribution in [0.15, 0.2) is 11.1 Å². The Kier molecular flexibility index (Phi) is 3.60. The van der Waals surface area contributed by atoms with E-state index in [-0.39, 0.29) is 36.9 Å². The lowest BCUT2D eigenvalue weighted by Gasteiger charge is -2.33. The lowest BCUT2D eigenvalue weighted by atomic mass is 10.1. The van der Waals surface area contributed by atoms with Crippen molar-refractivity contribution in [3.8, 4) is 0 Å². The number of nitrogens with one attached hydrogen (secondary N) is 1. The fraction of sp³-hybridized carbons (Fsp3) is 0.583. The average Bonchev–Trinajstić information content (AvgIpc) is 3.03. The van der Waals surface area contributed by atoms with Crippen molar-refractivity contribution in [1.82, 2.24) is 19.5 Å². The van der Waals surface area contributed by atoms with E-state index in [2.05, 4.69) is 15.0 Å². The van der Waals surface area contributed by atoms with Gasteiger partial charge in [0.05, 0.1) is 19.5 Å². The van der Waals surface area contributed by atoms with Crippen molar-refractivity contribution >= 4 is 17.1 Å². The zero-order chi connectivity index (χ0) is 15.9. The number of imidazole rings is 1. The number of hydrogen-bond donors (Lipinski definition) is 4. The van der Waals surface area contributed by atoms with E-state index in [1.807, 2.05) is 0 Å². The van der Waals surface area contributed by atoms with Crippen molar-refractivity contribution in [2.24, 2.45) is 0 Å². The summed E-state index contributed by atoms with van der Waals surface area (Å²) in [5.41, 5.74) is 4.01. The summed E-state index contributed by atoms with van der Waals surface area (Å²) in [6, 6.07) is 0. The summed E-state index contributed by atoms with van der Waals surface area (Å²) in [5.74, 6) is -0.0713. The minimum atomic E-state index is -1.33. The second-order valence-corrected chi connectivity index (χ2v) is 4.99. The first-order chi connectivity index (χ1) is 10.5. The molecule has 22 heavy (non-hydrogen) atoms. The van der Waals surface area contributed by atoms with E-state index in [4.69, 9.17) is 15.2 Å².